The van der Waals surface area contributed by atoms with E-state index >= 15 is 0 Å². The molecular weight excluding hydrogens is 612 g/mol. The molecule has 10 heteroatoms. The predicted octanol–water partition coefficient (Wildman–Crippen LogP) is 4.52. The molecule has 2 aromatic heterocycles. The number of fused-ring (bicyclic) bond motifs is 2. The molecule has 3 aromatic carbocycles. The molecule has 7 rings (SSSR count). The molecular formula is C37H34N4O5S. The summed E-state index contributed by atoms with van der Waals surface area (Å²) in [5, 5.41) is 0.941. The van der Waals surface area contributed by atoms with Gasteiger partial charge in [0.05, 0.1) is 35.6 Å². The maximum Gasteiger partial charge on any atom is 0.338 e. The van der Waals surface area contributed by atoms with Gasteiger partial charge in [-0.2, -0.15) is 0 Å². The largest absolute Gasteiger partial charge is 0.497 e. The molecule has 1 saturated heterocycles. The number of aromatic nitrogens is 2. The van der Waals surface area contributed by atoms with Crippen LogP contribution in [-0.2, 0) is 20.9 Å². The Balaban J connectivity index is 1.42. The van der Waals surface area contributed by atoms with Crippen LogP contribution in [0.15, 0.2) is 100 Å². The first-order valence-electron chi connectivity index (χ1n) is 15.7. The molecule has 1 fully saturated rings. The van der Waals surface area contributed by atoms with Gasteiger partial charge >= 0.3 is 5.97 Å². The number of carbonyl (C=O) groups is 2. The van der Waals surface area contributed by atoms with E-state index in [1.807, 2.05) is 101 Å². The molecule has 4 heterocycles. The van der Waals surface area contributed by atoms with Crippen LogP contribution in [0.3, 0.4) is 0 Å². The van der Waals surface area contributed by atoms with Crippen molar-refractivity contribution in [2.24, 2.45) is 4.99 Å². The van der Waals surface area contributed by atoms with Gasteiger partial charge in [0.25, 0.3) is 5.56 Å². The minimum Gasteiger partial charge on any atom is -0.497 e. The van der Waals surface area contributed by atoms with E-state index in [9.17, 15) is 14.4 Å². The predicted molar refractivity (Wildman–Crippen MR) is 182 cm³/mol. The Hall–Kier alpha value is -5.22. The zero-order valence-corrected chi connectivity index (χ0v) is 27.0. The third kappa shape index (κ3) is 5.69. The molecule has 0 aliphatic carbocycles. The van der Waals surface area contributed by atoms with Gasteiger partial charge in [0.15, 0.2) is 4.80 Å². The number of para-hydroxylation sites is 1. The summed E-state index contributed by atoms with van der Waals surface area (Å²) in [6.45, 7) is 3.75. The quantitative estimate of drug-likeness (QED) is 0.231. The molecule has 0 N–H and O–H groups in total. The molecule has 0 radical (unpaired) electrons. The molecule has 2 aliphatic rings. The van der Waals surface area contributed by atoms with E-state index in [-0.39, 0.29) is 24.6 Å². The summed E-state index contributed by atoms with van der Waals surface area (Å²) in [6, 6.07) is 23.9. The third-order valence-corrected chi connectivity index (χ3v) is 9.66. The lowest BCUT2D eigenvalue weighted by molar-refractivity contribution is -0.139. The number of methoxy groups -OCH3 is 1. The first-order chi connectivity index (χ1) is 23.0. The van der Waals surface area contributed by atoms with Gasteiger partial charge in [0.1, 0.15) is 12.3 Å². The summed E-state index contributed by atoms with van der Waals surface area (Å²) >= 11 is 1.27. The second kappa shape index (κ2) is 12.9. The SMILES string of the molecule is CCOC(=O)C1=C(c2ccccc2)N=c2s/c(=C/c3cn(CC(=O)N4CCCC4)c4ccccc34)c(=O)n2[C@H]1c1ccc(OC)cc1. The zero-order chi connectivity index (χ0) is 32.5. The number of rotatable bonds is 8. The van der Waals surface area contributed by atoms with Crippen molar-refractivity contribution in [2.45, 2.75) is 32.4 Å². The molecule has 1 amide bonds. The van der Waals surface area contributed by atoms with Crippen LogP contribution < -0.4 is 19.6 Å². The Labute approximate surface area is 275 Å². The lowest BCUT2D eigenvalue weighted by Crippen LogP contribution is -2.40. The number of thiazole rings is 1. The number of likely N-dealkylation sites (tertiary alicyclic amines) is 1. The topological polar surface area (TPSA) is 95.1 Å². The van der Waals surface area contributed by atoms with E-state index in [1.165, 1.54) is 11.3 Å². The van der Waals surface area contributed by atoms with E-state index in [1.54, 1.807) is 18.6 Å². The summed E-state index contributed by atoms with van der Waals surface area (Å²) in [4.78, 5) is 48.5. The van der Waals surface area contributed by atoms with Gasteiger partial charge in [-0.25, -0.2) is 9.79 Å². The van der Waals surface area contributed by atoms with Crippen molar-refractivity contribution in [1.29, 1.82) is 0 Å². The number of ether oxygens (including phenoxy) is 2. The van der Waals surface area contributed by atoms with Crippen LogP contribution in [0.1, 0.15) is 42.5 Å². The highest BCUT2D eigenvalue weighted by Gasteiger charge is 2.35. The first-order valence-corrected chi connectivity index (χ1v) is 16.6. The van der Waals surface area contributed by atoms with E-state index in [4.69, 9.17) is 14.5 Å². The van der Waals surface area contributed by atoms with Gasteiger partial charge < -0.3 is 18.9 Å². The van der Waals surface area contributed by atoms with Crippen LogP contribution in [0.2, 0.25) is 0 Å². The van der Waals surface area contributed by atoms with E-state index in [0.29, 0.717) is 26.4 Å². The van der Waals surface area contributed by atoms with Gasteiger partial charge in [-0.3, -0.25) is 14.2 Å². The smallest absolute Gasteiger partial charge is 0.338 e. The van der Waals surface area contributed by atoms with E-state index < -0.39 is 12.0 Å². The second-order valence-corrected chi connectivity index (χ2v) is 12.5. The lowest BCUT2D eigenvalue weighted by Gasteiger charge is -2.26. The van der Waals surface area contributed by atoms with Crippen molar-refractivity contribution in [3.05, 3.63) is 127 Å². The molecule has 238 valence electrons. The fraction of sp³-hybridized carbons (Fsp3) is 0.243. The number of hydrogen-bond donors (Lipinski definition) is 0. The summed E-state index contributed by atoms with van der Waals surface area (Å²) in [5.74, 6) is 0.218. The van der Waals surface area contributed by atoms with Crippen LogP contribution >= 0.6 is 11.3 Å². The molecule has 0 unspecified atom stereocenters. The highest BCUT2D eigenvalue weighted by Crippen LogP contribution is 2.35. The number of carbonyl (C=O) groups excluding carboxylic acids is 2. The van der Waals surface area contributed by atoms with Crippen LogP contribution in [0.5, 0.6) is 5.75 Å². The molecule has 5 aromatic rings. The average Bonchev–Trinajstić information content (AvgIpc) is 3.84. The molecule has 0 bridgehead atoms. The maximum atomic E-state index is 14.4. The number of hydrogen-bond acceptors (Lipinski definition) is 7. The van der Waals surface area contributed by atoms with Crippen molar-refractivity contribution < 1.29 is 19.1 Å². The van der Waals surface area contributed by atoms with Gasteiger partial charge in [-0.1, -0.05) is 72.0 Å². The van der Waals surface area contributed by atoms with E-state index in [0.717, 1.165) is 53.5 Å². The van der Waals surface area contributed by atoms with Crippen LogP contribution in [0, 0.1) is 0 Å². The number of esters is 1. The Morgan fingerprint density at radius 3 is 2.43 bits per heavy atom. The minimum absolute atomic E-state index is 0.0913. The first kappa shape index (κ1) is 30.4. The van der Waals surface area contributed by atoms with Crippen LogP contribution in [0.4, 0.5) is 0 Å². The molecule has 0 saturated carbocycles. The lowest BCUT2D eigenvalue weighted by atomic mass is 9.93. The van der Waals surface area contributed by atoms with Gasteiger partial charge in [-0.15, -0.1) is 0 Å². The zero-order valence-electron chi connectivity index (χ0n) is 26.2. The summed E-state index contributed by atoms with van der Waals surface area (Å²) < 4.78 is 15.0. The Morgan fingerprint density at radius 2 is 1.70 bits per heavy atom. The second-order valence-electron chi connectivity index (χ2n) is 11.5. The average molecular weight is 647 g/mol. The molecule has 9 nitrogen and oxygen atoms in total. The highest BCUT2D eigenvalue weighted by molar-refractivity contribution is 7.07. The van der Waals surface area contributed by atoms with Gasteiger partial charge in [0.2, 0.25) is 5.91 Å². The molecule has 0 spiro atoms. The molecule has 47 heavy (non-hydrogen) atoms. The standard InChI is InChI=1S/C37H34N4O5S/c1-3-46-36(44)32-33(24-11-5-4-6-12-24)38-37-41(34(32)25-15-17-27(45-2)18-16-25)35(43)30(47-37)21-26-22-40(29-14-8-7-13-28(26)29)23-31(42)39-19-9-10-20-39/h4-8,11-18,21-22,34H,3,9-10,19-20,23H2,1-2H3/b30-21+/t34-/m0/s1. The minimum atomic E-state index is -0.784. The highest BCUT2D eigenvalue weighted by atomic mass is 32.1. The third-order valence-electron chi connectivity index (χ3n) is 8.68. The summed E-state index contributed by atoms with van der Waals surface area (Å²) in [5.41, 5.74) is 3.71. The van der Waals surface area contributed by atoms with Crippen molar-refractivity contribution in [1.82, 2.24) is 14.0 Å². The van der Waals surface area contributed by atoms with Crippen LogP contribution in [-0.4, -0.2) is 52.7 Å². The van der Waals surface area contributed by atoms with Crippen LogP contribution in [0.25, 0.3) is 22.7 Å². The van der Waals surface area contributed by atoms with Gasteiger partial charge in [-0.05, 0) is 49.6 Å². The summed E-state index contributed by atoms with van der Waals surface area (Å²) in [6.07, 6.45) is 5.87. The van der Waals surface area contributed by atoms with Crippen molar-refractivity contribution in [2.75, 3.05) is 26.8 Å². The Bertz CT molecular complexity index is 2190. The normalized spacial score (nSPS) is 16.3. The van der Waals surface area contributed by atoms with Crippen molar-refractivity contribution in [3.63, 3.8) is 0 Å². The fourth-order valence-electron chi connectivity index (χ4n) is 6.42. The number of nitrogens with zero attached hydrogens (tertiary/aromatic N) is 4. The van der Waals surface area contributed by atoms with E-state index in [2.05, 4.69) is 0 Å². The Kier molecular flexibility index (Phi) is 8.34. The number of benzene rings is 3. The number of amides is 1. The fourth-order valence-corrected chi connectivity index (χ4v) is 7.41. The molecule has 2 aliphatic heterocycles. The van der Waals surface area contributed by atoms with Crippen molar-refractivity contribution >= 4 is 45.9 Å². The maximum absolute atomic E-state index is 14.4. The summed E-state index contributed by atoms with van der Waals surface area (Å²) in [7, 11) is 1.59. The van der Waals surface area contributed by atoms with Gasteiger partial charge in [0, 0.05) is 41.3 Å². The molecule has 1 atom stereocenters. The Morgan fingerprint density at radius 1 is 0.979 bits per heavy atom. The monoisotopic (exact) mass is 646 g/mol. The van der Waals surface area contributed by atoms with Crippen molar-refractivity contribution in [3.8, 4) is 5.75 Å².